The molecule has 1 aromatic carbocycles. The van der Waals surface area contributed by atoms with Crippen LogP contribution in [0.25, 0.3) is 10.8 Å². The van der Waals surface area contributed by atoms with E-state index in [2.05, 4.69) is 15.6 Å². The molecule has 0 radical (unpaired) electrons. The van der Waals surface area contributed by atoms with Crippen molar-refractivity contribution in [2.24, 2.45) is 0 Å². The molecule has 1 atom stereocenters. The summed E-state index contributed by atoms with van der Waals surface area (Å²) in [4.78, 5) is 29.0. The van der Waals surface area contributed by atoms with Gasteiger partial charge in [-0.25, -0.2) is 4.79 Å². The van der Waals surface area contributed by atoms with Crippen molar-refractivity contribution in [3.8, 4) is 0 Å². The summed E-state index contributed by atoms with van der Waals surface area (Å²) in [5, 5.41) is 11.4. The summed E-state index contributed by atoms with van der Waals surface area (Å²) in [5.74, 6) is -0.819. The van der Waals surface area contributed by atoms with Gasteiger partial charge < -0.3 is 15.4 Å². The second kappa shape index (κ2) is 8.39. The van der Waals surface area contributed by atoms with E-state index >= 15 is 0 Å². The third-order valence-corrected chi connectivity index (χ3v) is 4.73. The molecule has 2 amide bonds. The van der Waals surface area contributed by atoms with Crippen LogP contribution in [-0.2, 0) is 9.53 Å². The van der Waals surface area contributed by atoms with Gasteiger partial charge in [0.05, 0.1) is 5.92 Å². The molecule has 146 valence electrons. The number of nitrogens with zero attached hydrogens (tertiary/aromatic N) is 1. The molecule has 6 nitrogen and oxygen atoms in total. The molecule has 0 saturated carbocycles. The minimum atomic E-state index is -0.592. The first-order valence-corrected chi connectivity index (χ1v) is 9.88. The van der Waals surface area contributed by atoms with Gasteiger partial charge in [-0.2, -0.15) is 11.3 Å². The number of anilines is 1. The molecule has 0 fully saturated rings. The lowest BCUT2D eigenvalue weighted by Gasteiger charge is -2.21. The summed E-state index contributed by atoms with van der Waals surface area (Å²) < 4.78 is 5.32. The van der Waals surface area contributed by atoms with Crippen LogP contribution < -0.4 is 10.6 Å². The predicted molar refractivity (Wildman–Crippen MR) is 112 cm³/mol. The maximum Gasteiger partial charge on any atom is 0.407 e. The zero-order valence-corrected chi connectivity index (χ0v) is 16.9. The lowest BCUT2D eigenvalue weighted by molar-refractivity contribution is -0.118. The van der Waals surface area contributed by atoms with Gasteiger partial charge in [-0.1, -0.05) is 6.07 Å². The minimum absolute atomic E-state index is 0.0397. The van der Waals surface area contributed by atoms with Gasteiger partial charge in [-0.3, -0.25) is 9.78 Å². The quantitative estimate of drug-likeness (QED) is 0.662. The molecule has 0 aliphatic rings. The average molecular weight is 398 g/mol. The number of alkyl carbamates (subject to hydrolysis) is 1. The largest absolute Gasteiger partial charge is 0.448 e. The third kappa shape index (κ3) is 5.29. The van der Waals surface area contributed by atoms with E-state index in [1.165, 1.54) is 11.3 Å². The first kappa shape index (κ1) is 19.8. The van der Waals surface area contributed by atoms with E-state index in [4.69, 9.17) is 4.74 Å². The Labute approximate surface area is 167 Å². The molecule has 2 N–H and O–H groups in total. The number of aromatic nitrogens is 1. The number of carbonyl (C=O) groups is 2. The lowest BCUT2D eigenvalue weighted by Crippen LogP contribution is -2.41. The number of benzene rings is 1. The van der Waals surface area contributed by atoms with E-state index in [1.54, 1.807) is 12.4 Å². The van der Waals surface area contributed by atoms with Gasteiger partial charge in [0.1, 0.15) is 6.61 Å². The number of fused-ring (bicyclic) bond motifs is 1. The van der Waals surface area contributed by atoms with E-state index in [-0.39, 0.29) is 12.5 Å². The van der Waals surface area contributed by atoms with E-state index in [9.17, 15) is 9.59 Å². The van der Waals surface area contributed by atoms with Crippen LogP contribution in [0, 0.1) is 0 Å². The van der Waals surface area contributed by atoms with Gasteiger partial charge in [-0.15, -0.1) is 0 Å². The standard InChI is InChI=1S/C21H23N3O3S/c1-21(2,3)24-20(26)27-12-18(16-7-9-28-13-16)19(25)23-17-5-4-15-11-22-8-6-14(15)10-17/h4-11,13,18H,12H2,1-3H3,(H,23,25)(H,24,26). The summed E-state index contributed by atoms with van der Waals surface area (Å²) >= 11 is 1.49. The molecule has 0 saturated heterocycles. The van der Waals surface area contributed by atoms with Crippen LogP contribution in [0.5, 0.6) is 0 Å². The number of rotatable bonds is 5. The van der Waals surface area contributed by atoms with E-state index in [0.717, 1.165) is 16.3 Å². The van der Waals surface area contributed by atoms with Crippen LogP contribution in [0.2, 0.25) is 0 Å². The van der Waals surface area contributed by atoms with Crippen molar-refractivity contribution in [1.82, 2.24) is 10.3 Å². The minimum Gasteiger partial charge on any atom is -0.448 e. The molecular formula is C21H23N3O3S. The second-order valence-corrected chi connectivity index (χ2v) is 8.29. The van der Waals surface area contributed by atoms with Crippen LogP contribution in [0.4, 0.5) is 10.5 Å². The summed E-state index contributed by atoms with van der Waals surface area (Å²) in [6, 6.07) is 9.39. The molecule has 2 heterocycles. The molecular weight excluding hydrogens is 374 g/mol. The highest BCUT2D eigenvalue weighted by molar-refractivity contribution is 7.08. The van der Waals surface area contributed by atoms with Crippen LogP contribution in [0.15, 0.2) is 53.5 Å². The molecule has 1 unspecified atom stereocenters. The lowest BCUT2D eigenvalue weighted by atomic mass is 10.0. The Bertz CT molecular complexity index is 964. The Balaban J connectivity index is 1.72. The van der Waals surface area contributed by atoms with Crippen molar-refractivity contribution in [2.75, 3.05) is 11.9 Å². The zero-order valence-electron chi connectivity index (χ0n) is 16.1. The highest BCUT2D eigenvalue weighted by Gasteiger charge is 2.24. The van der Waals surface area contributed by atoms with Gasteiger partial charge >= 0.3 is 6.09 Å². The molecule has 3 aromatic rings. The normalized spacial score (nSPS) is 12.4. The smallest absolute Gasteiger partial charge is 0.407 e. The highest BCUT2D eigenvalue weighted by atomic mass is 32.1. The number of hydrogen-bond donors (Lipinski definition) is 2. The average Bonchev–Trinajstić information content (AvgIpc) is 3.14. The Kier molecular flexibility index (Phi) is 5.94. The molecule has 3 rings (SSSR count). The number of pyridine rings is 1. The monoisotopic (exact) mass is 397 g/mol. The fourth-order valence-electron chi connectivity index (χ4n) is 2.69. The van der Waals surface area contributed by atoms with Gasteiger partial charge in [0, 0.05) is 29.0 Å². The van der Waals surface area contributed by atoms with Crippen molar-refractivity contribution >= 4 is 39.8 Å². The Morgan fingerprint density at radius 3 is 2.71 bits per heavy atom. The van der Waals surface area contributed by atoms with Crippen molar-refractivity contribution in [1.29, 1.82) is 0 Å². The van der Waals surface area contributed by atoms with Crippen LogP contribution in [0.1, 0.15) is 32.3 Å². The number of amides is 2. The summed E-state index contributed by atoms with van der Waals surface area (Å²) in [6.45, 7) is 5.56. The predicted octanol–water partition coefficient (Wildman–Crippen LogP) is 4.54. The number of nitrogens with one attached hydrogen (secondary N) is 2. The Morgan fingerprint density at radius 1 is 1.18 bits per heavy atom. The van der Waals surface area contributed by atoms with Crippen molar-refractivity contribution in [3.05, 3.63) is 59.0 Å². The molecule has 0 aliphatic heterocycles. The highest BCUT2D eigenvalue weighted by Crippen LogP contribution is 2.23. The van der Waals surface area contributed by atoms with Gasteiger partial charge in [0.25, 0.3) is 0 Å². The van der Waals surface area contributed by atoms with Crippen molar-refractivity contribution in [3.63, 3.8) is 0 Å². The number of hydrogen-bond acceptors (Lipinski definition) is 5. The van der Waals surface area contributed by atoms with Crippen LogP contribution >= 0.6 is 11.3 Å². The SMILES string of the molecule is CC(C)(C)NC(=O)OCC(C(=O)Nc1ccc2cnccc2c1)c1ccsc1. The summed E-state index contributed by atoms with van der Waals surface area (Å²) in [5.41, 5.74) is 1.09. The van der Waals surface area contributed by atoms with E-state index < -0.39 is 17.6 Å². The zero-order chi connectivity index (χ0) is 20.1. The molecule has 7 heteroatoms. The fraction of sp³-hybridized carbons (Fsp3) is 0.286. The van der Waals surface area contributed by atoms with Crippen LogP contribution in [-0.4, -0.2) is 29.1 Å². The van der Waals surface area contributed by atoms with Crippen molar-refractivity contribution < 1.29 is 14.3 Å². The summed E-state index contributed by atoms with van der Waals surface area (Å²) in [6.07, 6.45) is 2.94. The molecule has 2 aromatic heterocycles. The van der Waals surface area contributed by atoms with Gasteiger partial charge in [0.15, 0.2) is 0 Å². The van der Waals surface area contributed by atoms with Gasteiger partial charge in [-0.05, 0) is 66.7 Å². The number of thiophene rings is 1. The first-order chi connectivity index (χ1) is 13.3. The number of carbonyl (C=O) groups excluding carboxylic acids is 2. The van der Waals surface area contributed by atoms with Crippen LogP contribution in [0.3, 0.4) is 0 Å². The molecule has 0 spiro atoms. The fourth-order valence-corrected chi connectivity index (χ4v) is 3.40. The molecule has 28 heavy (non-hydrogen) atoms. The van der Waals surface area contributed by atoms with Crippen molar-refractivity contribution in [2.45, 2.75) is 32.2 Å². The second-order valence-electron chi connectivity index (χ2n) is 7.51. The molecule has 0 aliphatic carbocycles. The number of ether oxygens (including phenoxy) is 1. The van der Waals surface area contributed by atoms with Gasteiger partial charge in [0.2, 0.25) is 5.91 Å². The third-order valence-electron chi connectivity index (χ3n) is 4.03. The summed E-state index contributed by atoms with van der Waals surface area (Å²) in [7, 11) is 0. The molecule has 0 bridgehead atoms. The van der Waals surface area contributed by atoms with E-state index in [0.29, 0.717) is 5.69 Å². The maximum atomic E-state index is 12.9. The maximum absolute atomic E-state index is 12.9. The Morgan fingerprint density at radius 2 is 2.00 bits per heavy atom. The van der Waals surface area contributed by atoms with E-state index in [1.807, 2.05) is 61.9 Å². The first-order valence-electron chi connectivity index (χ1n) is 8.93. The topological polar surface area (TPSA) is 80.3 Å². The Hall–Kier alpha value is -2.93.